The third-order valence-corrected chi connectivity index (χ3v) is 9.60. The number of aliphatic hydroxyl groups excluding tert-OH is 3. The maximum absolute atomic E-state index is 12.7. The quantitative estimate of drug-likeness (QED) is 0.0269. The second-order valence-corrected chi connectivity index (χ2v) is 15.1. The number of carbonyl (C=O) groups is 2. The van der Waals surface area contributed by atoms with Crippen molar-refractivity contribution in [1.82, 2.24) is 0 Å². The second-order valence-electron chi connectivity index (χ2n) is 13.6. The van der Waals surface area contributed by atoms with Crippen molar-refractivity contribution in [3.63, 3.8) is 0 Å². The molecule has 0 aromatic rings. The maximum atomic E-state index is 12.7. The summed E-state index contributed by atoms with van der Waals surface area (Å²) >= 11 is 0. The van der Waals surface area contributed by atoms with Crippen LogP contribution in [0.5, 0.6) is 0 Å². The summed E-state index contributed by atoms with van der Waals surface area (Å²) in [4.78, 5) is 25.1. The number of hydrogen-bond acceptors (Lipinski definition) is 11. The van der Waals surface area contributed by atoms with Crippen molar-refractivity contribution in [2.45, 2.75) is 192 Å². The van der Waals surface area contributed by atoms with E-state index in [0.29, 0.717) is 12.8 Å². The van der Waals surface area contributed by atoms with Crippen molar-refractivity contribution in [3.05, 3.63) is 12.2 Å². The number of hydrogen-bond donors (Lipinski definition) is 4. The summed E-state index contributed by atoms with van der Waals surface area (Å²) in [6.07, 6.45) is 17.1. The van der Waals surface area contributed by atoms with Gasteiger partial charge in [-0.2, -0.15) is 8.42 Å². The Morgan fingerprint density at radius 1 is 0.660 bits per heavy atom. The van der Waals surface area contributed by atoms with E-state index in [1.165, 1.54) is 57.8 Å². The van der Waals surface area contributed by atoms with Crippen LogP contribution in [0.4, 0.5) is 0 Å². The number of carbonyl (C=O) groups excluding carboxylic acids is 2. The monoisotopic (exact) mass is 736 g/mol. The molecule has 0 aromatic heterocycles. The highest BCUT2D eigenvalue weighted by atomic mass is 32.2. The molecule has 0 amide bonds. The molecule has 0 spiro atoms. The van der Waals surface area contributed by atoms with Gasteiger partial charge in [0.05, 0.1) is 6.61 Å². The number of unbranched alkanes of at least 4 members (excludes halogenated alkanes) is 17. The lowest BCUT2D eigenvalue weighted by Crippen LogP contribution is -2.60. The van der Waals surface area contributed by atoms with E-state index in [4.69, 9.17) is 18.9 Å². The van der Waals surface area contributed by atoms with Crippen LogP contribution in [0.25, 0.3) is 0 Å². The topological polar surface area (TPSA) is 186 Å². The zero-order valence-electron chi connectivity index (χ0n) is 30.8. The fourth-order valence-electron chi connectivity index (χ4n) is 5.79. The molecule has 0 radical (unpaired) electrons. The number of ether oxygens (including phenoxy) is 4. The van der Waals surface area contributed by atoms with Gasteiger partial charge < -0.3 is 34.3 Å². The number of aliphatic hydroxyl groups is 3. The van der Waals surface area contributed by atoms with E-state index in [-0.39, 0.29) is 19.4 Å². The van der Waals surface area contributed by atoms with Crippen LogP contribution in [0.1, 0.15) is 155 Å². The van der Waals surface area contributed by atoms with E-state index in [9.17, 15) is 37.9 Å². The molecule has 50 heavy (non-hydrogen) atoms. The van der Waals surface area contributed by atoms with E-state index < -0.39 is 71.2 Å². The van der Waals surface area contributed by atoms with Gasteiger partial charge in [0.1, 0.15) is 36.8 Å². The summed E-state index contributed by atoms with van der Waals surface area (Å²) < 4.78 is 53.7. The largest absolute Gasteiger partial charge is 0.462 e. The summed E-state index contributed by atoms with van der Waals surface area (Å²) in [6.45, 7) is 3.68. The highest BCUT2D eigenvalue weighted by Gasteiger charge is 2.46. The molecule has 1 aliphatic rings. The second kappa shape index (κ2) is 28.9. The van der Waals surface area contributed by atoms with Crippen LogP contribution in [-0.4, -0.2) is 96.0 Å². The summed E-state index contributed by atoms with van der Waals surface area (Å²) in [5.74, 6) is -1.99. The van der Waals surface area contributed by atoms with Gasteiger partial charge >= 0.3 is 11.9 Å². The lowest BCUT2D eigenvalue weighted by atomic mass is 10.00. The van der Waals surface area contributed by atoms with E-state index in [1.807, 2.05) is 0 Å². The molecule has 13 heteroatoms. The summed E-state index contributed by atoms with van der Waals surface area (Å²) in [6, 6.07) is 0. The molecule has 0 bridgehead atoms. The van der Waals surface area contributed by atoms with Gasteiger partial charge in [0.2, 0.25) is 0 Å². The minimum Gasteiger partial charge on any atom is -0.462 e. The summed E-state index contributed by atoms with van der Waals surface area (Å²) in [5, 5.41) is 30.7. The third-order valence-electron chi connectivity index (χ3n) is 8.85. The normalized spacial score (nSPS) is 21.8. The van der Waals surface area contributed by atoms with E-state index >= 15 is 0 Å². The lowest BCUT2D eigenvalue weighted by Gasteiger charge is -2.40. The number of allylic oxidation sites excluding steroid dienone is 2. The molecule has 12 nitrogen and oxygen atoms in total. The standard InChI is InChI=1S/C37H68O12S/c1-3-5-7-9-11-13-14-15-16-18-20-22-24-26-33(39)48-30(27-46-32(38)25-23-21-19-17-12-10-8-6-4-2)28-47-37-36(42)35(41)34(40)31(49-37)29-50(43,44)45/h13-14,30-31,34-37,40-42H,3-12,15-29H2,1-2H3,(H,43,44,45)/b14-13-. The van der Waals surface area contributed by atoms with Gasteiger partial charge in [-0.25, -0.2) is 0 Å². The molecule has 1 aliphatic heterocycles. The Hall–Kier alpha value is -1.61. The lowest BCUT2D eigenvalue weighted by molar-refractivity contribution is -0.297. The Balaban J connectivity index is 2.54. The van der Waals surface area contributed by atoms with Crippen molar-refractivity contribution < 1.29 is 56.8 Å². The highest BCUT2D eigenvalue weighted by Crippen LogP contribution is 2.24. The van der Waals surface area contributed by atoms with Gasteiger partial charge in [-0.1, -0.05) is 116 Å². The molecule has 0 aromatic carbocycles. The van der Waals surface area contributed by atoms with Crippen molar-refractivity contribution in [2.24, 2.45) is 0 Å². The highest BCUT2D eigenvalue weighted by molar-refractivity contribution is 7.85. The van der Waals surface area contributed by atoms with Gasteiger partial charge in [-0.15, -0.1) is 0 Å². The summed E-state index contributed by atoms with van der Waals surface area (Å²) in [5.41, 5.74) is 0. The molecule has 0 saturated carbocycles. The minimum absolute atomic E-state index is 0.157. The Morgan fingerprint density at radius 3 is 1.68 bits per heavy atom. The third kappa shape index (κ3) is 23.8. The molecule has 1 saturated heterocycles. The van der Waals surface area contributed by atoms with Gasteiger partial charge in [-0.05, 0) is 38.5 Å². The van der Waals surface area contributed by atoms with Gasteiger partial charge in [0.15, 0.2) is 12.4 Å². The van der Waals surface area contributed by atoms with Crippen LogP contribution >= 0.6 is 0 Å². The molecule has 4 N–H and O–H groups in total. The van der Waals surface area contributed by atoms with Crippen molar-refractivity contribution in [3.8, 4) is 0 Å². The Bertz CT molecular complexity index is 1000. The molecule has 1 rings (SSSR count). The van der Waals surface area contributed by atoms with Gasteiger partial charge in [0.25, 0.3) is 10.1 Å². The Kier molecular flexibility index (Phi) is 26.8. The van der Waals surface area contributed by atoms with Gasteiger partial charge in [0, 0.05) is 12.8 Å². The number of esters is 2. The molecule has 6 atom stereocenters. The molecule has 6 unspecified atom stereocenters. The van der Waals surface area contributed by atoms with Crippen LogP contribution in [0.2, 0.25) is 0 Å². The Morgan fingerprint density at radius 2 is 1.14 bits per heavy atom. The van der Waals surface area contributed by atoms with Crippen LogP contribution < -0.4 is 0 Å². The minimum atomic E-state index is -4.59. The molecular formula is C37H68O12S. The van der Waals surface area contributed by atoms with E-state index in [0.717, 1.165) is 57.8 Å². The fraction of sp³-hybridized carbons (Fsp3) is 0.892. The number of rotatable bonds is 31. The van der Waals surface area contributed by atoms with Crippen LogP contribution in [0.15, 0.2) is 12.2 Å². The van der Waals surface area contributed by atoms with Gasteiger partial charge in [-0.3, -0.25) is 14.1 Å². The SMILES string of the molecule is CCCCCC/C=C\CCCCCCCC(=O)OC(COC(=O)CCCCCCCCCCC)COC1OC(CS(=O)(=O)O)C(O)C(O)C1O. The first-order valence-electron chi connectivity index (χ1n) is 19.2. The molecule has 1 fully saturated rings. The van der Waals surface area contributed by atoms with Crippen LogP contribution in [0, 0.1) is 0 Å². The molecular weight excluding hydrogens is 668 g/mol. The molecule has 1 heterocycles. The maximum Gasteiger partial charge on any atom is 0.306 e. The first kappa shape index (κ1) is 46.4. The van der Waals surface area contributed by atoms with E-state index in [2.05, 4.69) is 26.0 Å². The first-order valence-corrected chi connectivity index (χ1v) is 20.9. The van der Waals surface area contributed by atoms with Crippen molar-refractivity contribution in [1.29, 1.82) is 0 Å². The van der Waals surface area contributed by atoms with Crippen LogP contribution in [-0.2, 0) is 38.7 Å². The average Bonchev–Trinajstić information content (AvgIpc) is 3.07. The smallest absolute Gasteiger partial charge is 0.306 e. The van der Waals surface area contributed by atoms with E-state index in [1.54, 1.807) is 0 Å². The average molecular weight is 737 g/mol. The zero-order valence-corrected chi connectivity index (χ0v) is 31.6. The fourth-order valence-corrected chi connectivity index (χ4v) is 6.48. The first-order chi connectivity index (χ1) is 24.0. The predicted molar refractivity (Wildman–Crippen MR) is 192 cm³/mol. The van der Waals surface area contributed by atoms with Crippen LogP contribution in [0.3, 0.4) is 0 Å². The summed E-state index contributed by atoms with van der Waals surface area (Å²) in [7, 11) is -4.59. The molecule has 0 aliphatic carbocycles. The Labute approximate surface area is 301 Å². The zero-order chi connectivity index (χ0) is 37.0. The van der Waals surface area contributed by atoms with Crippen molar-refractivity contribution >= 4 is 22.1 Å². The molecule has 294 valence electrons. The van der Waals surface area contributed by atoms with Crippen molar-refractivity contribution in [2.75, 3.05) is 19.0 Å². The predicted octanol–water partition coefficient (Wildman–Crippen LogP) is 6.33.